The van der Waals surface area contributed by atoms with Crippen LogP contribution in [-0.4, -0.2) is 34.8 Å². The highest BCUT2D eigenvalue weighted by Gasteiger charge is 2.18. The van der Waals surface area contributed by atoms with E-state index in [0.29, 0.717) is 11.3 Å². The molecule has 0 fully saturated rings. The first kappa shape index (κ1) is 16.9. The minimum Gasteiger partial charge on any atom is -0.490 e. The summed E-state index contributed by atoms with van der Waals surface area (Å²) in [6.45, 7) is 5.71. The topological polar surface area (TPSA) is 90.4 Å². The lowest BCUT2D eigenvalue weighted by atomic mass is 10.2. The third-order valence-corrected chi connectivity index (χ3v) is 3.41. The minimum atomic E-state index is -0.561. The van der Waals surface area contributed by atoms with Crippen molar-refractivity contribution in [2.45, 2.75) is 26.9 Å². The lowest BCUT2D eigenvalue weighted by molar-refractivity contribution is 0.0525. The van der Waals surface area contributed by atoms with Crippen LogP contribution >= 0.6 is 11.3 Å². The zero-order chi connectivity index (χ0) is 16.8. The molecule has 122 valence electrons. The van der Waals surface area contributed by atoms with Crippen molar-refractivity contribution < 1.29 is 19.1 Å². The third-order valence-electron chi connectivity index (χ3n) is 2.59. The van der Waals surface area contributed by atoms with Crippen LogP contribution in [0.3, 0.4) is 0 Å². The molecule has 0 spiro atoms. The normalized spacial score (nSPS) is 10.4. The van der Waals surface area contributed by atoms with Crippen molar-refractivity contribution >= 4 is 28.3 Å². The van der Waals surface area contributed by atoms with Crippen molar-refractivity contribution in [2.24, 2.45) is 0 Å². The number of benzene rings is 1. The Morgan fingerprint density at radius 2 is 2.00 bits per heavy atom. The number of ether oxygens (including phenoxy) is 2. The van der Waals surface area contributed by atoms with Gasteiger partial charge in [0.25, 0.3) is 5.91 Å². The molecule has 0 saturated heterocycles. The number of rotatable bonds is 6. The van der Waals surface area contributed by atoms with Crippen molar-refractivity contribution in [3.05, 3.63) is 34.8 Å². The Labute approximate surface area is 137 Å². The maximum absolute atomic E-state index is 12.4. The van der Waals surface area contributed by atoms with E-state index < -0.39 is 5.97 Å². The smallest absolute Gasteiger partial charge is 0.369 e. The molecule has 0 atom stereocenters. The lowest BCUT2D eigenvalue weighted by Crippen LogP contribution is -2.15. The summed E-state index contributed by atoms with van der Waals surface area (Å²) in [6.07, 6.45) is -0.0547. The van der Waals surface area contributed by atoms with Crippen molar-refractivity contribution in [3.63, 3.8) is 0 Å². The Morgan fingerprint density at radius 1 is 1.26 bits per heavy atom. The van der Waals surface area contributed by atoms with Crippen LogP contribution in [0.25, 0.3) is 0 Å². The molecule has 1 heterocycles. The molecule has 1 amide bonds. The molecule has 7 nitrogen and oxygen atoms in total. The fourth-order valence-corrected chi connectivity index (χ4v) is 2.36. The summed E-state index contributed by atoms with van der Waals surface area (Å²) >= 11 is 0.954. The van der Waals surface area contributed by atoms with Crippen LogP contribution in [-0.2, 0) is 4.74 Å². The lowest BCUT2D eigenvalue weighted by Gasteiger charge is -2.13. The van der Waals surface area contributed by atoms with Crippen LogP contribution in [0.4, 0.5) is 5.13 Å². The number of aromatic nitrogens is 2. The minimum absolute atomic E-state index is 0.0547. The summed E-state index contributed by atoms with van der Waals surface area (Å²) in [5.74, 6) is -0.461. The number of esters is 1. The molecule has 0 aliphatic heterocycles. The van der Waals surface area contributed by atoms with Gasteiger partial charge >= 0.3 is 5.97 Å². The summed E-state index contributed by atoms with van der Waals surface area (Å²) < 4.78 is 10.4. The average Bonchev–Trinajstić information content (AvgIpc) is 2.96. The van der Waals surface area contributed by atoms with Gasteiger partial charge in [0.05, 0.1) is 18.3 Å². The van der Waals surface area contributed by atoms with Crippen LogP contribution in [0.5, 0.6) is 5.75 Å². The Morgan fingerprint density at radius 3 is 2.70 bits per heavy atom. The van der Waals surface area contributed by atoms with Crippen LogP contribution in [0.1, 0.15) is 40.9 Å². The van der Waals surface area contributed by atoms with Crippen molar-refractivity contribution in [2.75, 3.05) is 11.9 Å². The molecular formula is C15H17N3O4S. The molecular weight excluding hydrogens is 318 g/mol. The molecule has 8 heteroatoms. The molecule has 0 saturated carbocycles. The number of amides is 1. The summed E-state index contributed by atoms with van der Waals surface area (Å²) in [5.41, 5.74) is 0.383. The first-order valence-electron chi connectivity index (χ1n) is 7.09. The zero-order valence-corrected chi connectivity index (χ0v) is 13.8. The van der Waals surface area contributed by atoms with E-state index in [1.807, 2.05) is 13.8 Å². The molecule has 0 unspecified atom stereocenters. The van der Waals surface area contributed by atoms with Gasteiger partial charge in [-0.15, -0.1) is 10.2 Å². The average molecular weight is 335 g/mol. The second-order valence-corrected chi connectivity index (χ2v) is 5.73. The van der Waals surface area contributed by atoms with E-state index in [9.17, 15) is 9.59 Å². The second-order valence-electron chi connectivity index (χ2n) is 4.75. The van der Waals surface area contributed by atoms with Crippen molar-refractivity contribution in [1.29, 1.82) is 0 Å². The highest BCUT2D eigenvalue weighted by molar-refractivity contribution is 7.17. The summed E-state index contributed by atoms with van der Waals surface area (Å²) in [6, 6.07) is 6.91. The highest BCUT2D eigenvalue weighted by Crippen LogP contribution is 2.22. The largest absolute Gasteiger partial charge is 0.490 e. The quantitative estimate of drug-likeness (QED) is 0.816. The van der Waals surface area contributed by atoms with Crippen LogP contribution in [0.2, 0.25) is 0 Å². The van der Waals surface area contributed by atoms with Gasteiger partial charge in [-0.3, -0.25) is 10.1 Å². The van der Waals surface area contributed by atoms with E-state index in [1.54, 1.807) is 31.2 Å². The molecule has 0 bridgehead atoms. The number of carbonyl (C=O) groups is 2. The van der Waals surface area contributed by atoms with E-state index in [1.165, 1.54) is 0 Å². The highest BCUT2D eigenvalue weighted by atomic mass is 32.1. The molecule has 0 aliphatic rings. The Balaban J connectivity index is 2.12. The Bertz CT molecular complexity index is 700. The van der Waals surface area contributed by atoms with Crippen LogP contribution in [0.15, 0.2) is 24.3 Å². The van der Waals surface area contributed by atoms with E-state index in [2.05, 4.69) is 15.5 Å². The fourth-order valence-electron chi connectivity index (χ4n) is 1.72. The predicted molar refractivity (Wildman–Crippen MR) is 86.0 cm³/mol. The second kappa shape index (κ2) is 7.68. The van der Waals surface area contributed by atoms with Gasteiger partial charge in [-0.05, 0) is 32.9 Å². The van der Waals surface area contributed by atoms with E-state index in [0.717, 1.165) is 11.3 Å². The van der Waals surface area contributed by atoms with Crippen molar-refractivity contribution in [1.82, 2.24) is 10.2 Å². The van der Waals surface area contributed by atoms with E-state index in [4.69, 9.17) is 9.47 Å². The van der Waals surface area contributed by atoms with Gasteiger partial charge in [0.2, 0.25) is 10.1 Å². The summed E-state index contributed by atoms with van der Waals surface area (Å²) in [7, 11) is 0. The predicted octanol–water partition coefficient (Wildman–Crippen LogP) is 2.75. The fraction of sp³-hybridized carbons (Fsp3) is 0.333. The van der Waals surface area contributed by atoms with E-state index >= 15 is 0 Å². The molecule has 1 aromatic carbocycles. The molecule has 1 N–H and O–H groups in total. The number of hydrogen-bond acceptors (Lipinski definition) is 7. The number of nitrogens with one attached hydrogen (secondary N) is 1. The molecule has 23 heavy (non-hydrogen) atoms. The molecule has 0 radical (unpaired) electrons. The Hall–Kier alpha value is -2.48. The van der Waals surface area contributed by atoms with Gasteiger partial charge in [-0.1, -0.05) is 23.5 Å². The SMILES string of the molecule is CCOC(=O)c1nnc(NC(=O)c2ccccc2OC(C)C)s1. The van der Waals surface area contributed by atoms with Gasteiger partial charge in [0.1, 0.15) is 5.75 Å². The first-order valence-corrected chi connectivity index (χ1v) is 7.90. The number of para-hydroxylation sites is 1. The summed E-state index contributed by atoms with van der Waals surface area (Å²) in [5, 5.41) is 10.4. The van der Waals surface area contributed by atoms with Crippen LogP contribution < -0.4 is 10.1 Å². The number of hydrogen-bond donors (Lipinski definition) is 1. The molecule has 0 aliphatic carbocycles. The molecule has 1 aromatic heterocycles. The van der Waals surface area contributed by atoms with Crippen molar-refractivity contribution in [3.8, 4) is 5.75 Å². The van der Waals surface area contributed by atoms with Gasteiger partial charge < -0.3 is 9.47 Å². The summed E-state index contributed by atoms with van der Waals surface area (Å²) in [4.78, 5) is 23.9. The number of carbonyl (C=O) groups excluding carboxylic acids is 2. The number of anilines is 1. The third kappa shape index (κ3) is 4.49. The van der Waals surface area contributed by atoms with E-state index in [-0.39, 0.29) is 28.8 Å². The van der Waals surface area contributed by atoms with Gasteiger partial charge in [0, 0.05) is 0 Å². The van der Waals surface area contributed by atoms with Gasteiger partial charge in [0.15, 0.2) is 0 Å². The standard InChI is InChI=1S/C15H17N3O4S/c1-4-21-14(20)13-17-18-15(23-13)16-12(19)10-7-5-6-8-11(10)22-9(2)3/h5-9H,4H2,1-3H3,(H,16,18,19). The first-order chi connectivity index (χ1) is 11.0. The van der Waals surface area contributed by atoms with Crippen LogP contribution in [0, 0.1) is 0 Å². The maximum atomic E-state index is 12.4. The van der Waals surface area contributed by atoms with Gasteiger partial charge in [-0.25, -0.2) is 4.79 Å². The molecule has 2 aromatic rings. The maximum Gasteiger partial charge on any atom is 0.369 e. The number of nitrogens with zero attached hydrogens (tertiary/aromatic N) is 2. The van der Waals surface area contributed by atoms with Gasteiger partial charge in [-0.2, -0.15) is 0 Å². The zero-order valence-electron chi connectivity index (χ0n) is 13.0. The monoisotopic (exact) mass is 335 g/mol. The Kier molecular flexibility index (Phi) is 5.64. The molecule has 2 rings (SSSR count).